The minimum absolute atomic E-state index is 0.170. The van der Waals surface area contributed by atoms with Gasteiger partial charge in [0, 0.05) is 12.6 Å². The summed E-state index contributed by atoms with van der Waals surface area (Å²) in [5.41, 5.74) is 1.41. The minimum atomic E-state index is -0.170. The van der Waals surface area contributed by atoms with Crippen molar-refractivity contribution >= 4 is 0 Å². The number of hydrogen-bond acceptors (Lipinski definition) is 2. The van der Waals surface area contributed by atoms with Gasteiger partial charge >= 0.3 is 0 Å². The molecule has 2 rings (SSSR count). The van der Waals surface area contributed by atoms with Crippen LogP contribution in [0.5, 0.6) is 0 Å². The van der Waals surface area contributed by atoms with Gasteiger partial charge in [-0.1, -0.05) is 43.7 Å². The van der Waals surface area contributed by atoms with Crippen molar-refractivity contribution in [2.24, 2.45) is 5.92 Å². The lowest BCUT2D eigenvalue weighted by Gasteiger charge is -2.42. The molecule has 1 unspecified atom stereocenters. The first-order valence-corrected chi connectivity index (χ1v) is 8.16. The van der Waals surface area contributed by atoms with Crippen molar-refractivity contribution in [1.29, 1.82) is 0 Å². The third-order valence-electron chi connectivity index (χ3n) is 4.49. The molecule has 0 bridgehead atoms. The lowest BCUT2D eigenvalue weighted by atomic mass is 9.82. The number of piperidine rings is 1. The highest BCUT2D eigenvalue weighted by molar-refractivity contribution is 5.14. The van der Waals surface area contributed by atoms with Gasteiger partial charge in [0.1, 0.15) is 0 Å². The zero-order valence-electron chi connectivity index (χ0n) is 13.0. The topological polar surface area (TPSA) is 23.5 Å². The molecular weight excluding hydrogens is 246 g/mol. The van der Waals surface area contributed by atoms with Gasteiger partial charge in [-0.05, 0) is 50.6 Å². The number of aliphatic hydroxyl groups excluding tert-OH is 1. The van der Waals surface area contributed by atoms with Gasteiger partial charge in [0.15, 0.2) is 0 Å². The molecule has 2 heteroatoms. The van der Waals surface area contributed by atoms with E-state index in [-0.39, 0.29) is 6.10 Å². The molecule has 1 aromatic rings. The Hall–Kier alpha value is -0.860. The highest BCUT2D eigenvalue weighted by Gasteiger charge is 2.31. The summed E-state index contributed by atoms with van der Waals surface area (Å²) >= 11 is 0. The summed E-state index contributed by atoms with van der Waals surface area (Å²) in [6.45, 7) is 6.46. The lowest BCUT2D eigenvalue weighted by molar-refractivity contribution is 0.0469. The summed E-state index contributed by atoms with van der Waals surface area (Å²) in [6.07, 6.45) is 5.81. The number of hydrogen-bond donors (Lipinski definition) is 1. The fourth-order valence-corrected chi connectivity index (χ4v) is 3.65. The van der Waals surface area contributed by atoms with Gasteiger partial charge in [-0.15, -0.1) is 0 Å². The number of nitrogens with zero attached hydrogens (tertiary/aromatic N) is 1. The highest BCUT2D eigenvalue weighted by atomic mass is 16.3. The Labute approximate surface area is 123 Å². The average Bonchev–Trinajstić information content (AvgIpc) is 2.43. The lowest BCUT2D eigenvalue weighted by Crippen LogP contribution is -2.45. The smallest absolute Gasteiger partial charge is 0.0515 e. The van der Waals surface area contributed by atoms with Crippen LogP contribution in [0.25, 0.3) is 0 Å². The maximum Gasteiger partial charge on any atom is 0.0515 e. The summed E-state index contributed by atoms with van der Waals surface area (Å²) in [5, 5.41) is 9.75. The summed E-state index contributed by atoms with van der Waals surface area (Å²) in [5.74, 6) is 0.660. The van der Waals surface area contributed by atoms with E-state index >= 15 is 0 Å². The third kappa shape index (κ3) is 4.32. The van der Waals surface area contributed by atoms with Gasteiger partial charge in [-0.2, -0.15) is 0 Å². The first kappa shape index (κ1) is 15.5. The molecular formula is C18H29NO. The van der Waals surface area contributed by atoms with Gasteiger partial charge in [0.25, 0.3) is 0 Å². The van der Waals surface area contributed by atoms with Crippen LogP contribution in [0.2, 0.25) is 0 Å². The monoisotopic (exact) mass is 275 g/mol. The average molecular weight is 275 g/mol. The molecule has 1 saturated heterocycles. The highest BCUT2D eigenvalue weighted by Crippen LogP contribution is 2.31. The van der Waals surface area contributed by atoms with E-state index in [2.05, 4.69) is 42.2 Å². The van der Waals surface area contributed by atoms with Crippen molar-refractivity contribution in [3.63, 3.8) is 0 Å². The molecule has 0 aliphatic carbocycles. The zero-order valence-corrected chi connectivity index (χ0v) is 13.0. The Morgan fingerprint density at radius 1 is 1.30 bits per heavy atom. The van der Waals surface area contributed by atoms with Gasteiger partial charge in [-0.3, -0.25) is 4.90 Å². The van der Waals surface area contributed by atoms with Crippen molar-refractivity contribution < 1.29 is 5.11 Å². The van der Waals surface area contributed by atoms with Crippen LogP contribution in [0.3, 0.4) is 0 Å². The Morgan fingerprint density at radius 3 is 2.70 bits per heavy atom. The second-order valence-corrected chi connectivity index (χ2v) is 6.30. The van der Waals surface area contributed by atoms with E-state index in [0.717, 1.165) is 13.0 Å². The second kappa shape index (κ2) is 7.80. The van der Waals surface area contributed by atoms with Gasteiger partial charge < -0.3 is 5.11 Å². The van der Waals surface area contributed by atoms with E-state index in [9.17, 15) is 5.11 Å². The molecule has 0 saturated carbocycles. The van der Waals surface area contributed by atoms with Gasteiger partial charge in [-0.25, -0.2) is 0 Å². The summed E-state index contributed by atoms with van der Waals surface area (Å²) in [7, 11) is 0. The molecule has 20 heavy (non-hydrogen) atoms. The van der Waals surface area contributed by atoms with E-state index in [1.54, 1.807) is 0 Å². The van der Waals surface area contributed by atoms with E-state index in [4.69, 9.17) is 0 Å². The number of rotatable bonds is 6. The fourth-order valence-electron chi connectivity index (χ4n) is 3.65. The Kier molecular flexibility index (Phi) is 6.06. The molecule has 1 N–H and O–H groups in total. The molecule has 1 aromatic carbocycles. The first-order valence-electron chi connectivity index (χ1n) is 8.16. The molecule has 0 amide bonds. The molecule has 2 nitrogen and oxygen atoms in total. The molecule has 1 aliphatic heterocycles. The predicted molar refractivity (Wildman–Crippen MR) is 84.6 cm³/mol. The normalized spacial score (nSPS) is 25.6. The van der Waals surface area contributed by atoms with Crippen molar-refractivity contribution in [3.05, 3.63) is 35.9 Å². The summed E-state index contributed by atoms with van der Waals surface area (Å²) in [4.78, 5) is 2.65. The van der Waals surface area contributed by atoms with Crippen LogP contribution < -0.4 is 0 Å². The number of likely N-dealkylation sites (tertiary alicyclic amines) is 1. The predicted octanol–water partition coefficient (Wildman–Crippen LogP) is 3.84. The SMILES string of the molecule is CCC[C@@H]1[C@H](CC(C)O)CCCN1Cc1ccccc1. The third-order valence-corrected chi connectivity index (χ3v) is 4.49. The van der Waals surface area contributed by atoms with Crippen LogP contribution in [0.1, 0.15) is 51.5 Å². The van der Waals surface area contributed by atoms with E-state index in [1.807, 2.05) is 6.92 Å². The number of aliphatic hydroxyl groups is 1. The molecule has 0 radical (unpaired) electrons. The molecule has 0 aromatic heterocycles. The van der Waals surface area contributed by atoms with Crippen LogP contribution >= 0.6 is 0 Å². The summed E-state index contributed by atoms with van der Waals surface area (Å²) in [6, 6.07) is 11.4. The largest absolute Gasteiger partial charge is 0.393 e. The molecule has 112 valence electrons. The second-order valence-electron chi connectivity index (χ2n) is 6.30. The number of benzene rings is 1. The van der Waals surface area contributed by atoms with Gasteiger partial charge in [0.2, 0.25) is 0 Å². The zero-order chi connectivity index (χ0) is 14.4. The van der Waals surface area contributed by atoms with Gasteiger partial charge in [0.05, 0.1) is 6.10 Å². The van der Waals surface area contributed by atoms with E-state index in [1.165, 1.54) is 37.8 Å². The van der Waals surface area contributed by atoms with E-state index in [0.29, 0.717) is 12.0 Å². The van der Waals surface area contributed by atoms with Crippen LogP contribution in [0.4, 0.5) is 0 Å². The van der Waals surface area contributed by atoms with Crippen molar-refractivity contribution in [2.45, 2.75) is 64.6 Å². The Morgan fingerprint density at radius 2 is 2.05 bits per heavy atom. The quantitative estimate of drug-likeness (QED) is 0.852. The summed E-state index contributed by atoms with van der Waals surface area (Å²) < 4.78 is 0. The fraction of sp³-hybridized carbons (Fsp3) is 0.667. The van der Waals surface area contributed by atoms with Crippen molar-refractivity contribution in [3.8, 4) is 0 Å². The molecule has 1 heterocycles. The maximum atomic E-state index is 9.75. The standard InChI is InChI=1S/C18H29NO/c1-3-8-18-17(13-15(2)20)11-7-12-19(18)14-16-9-5-4-6-10-16/h4-6,9-10,15,17-18,20H,3,7-8,11-14H2,1-2H3/t15?,17-,18+/m0/s1. The van der Waals surface area contributed by atoms with Crippen molar-refractivity contribution in [2.75, 3.05) is 6.54 Å². The molecule has 3 atom stereocenters. The Balaban J connectivity index is 2.04. The first-order chi connectivity index (χ1) is 9.70. The molecule has 1 fully saturated rings. The minimum Gasteiger partial charge on any atom is -0.393 e. The van der Waals surface area contributed by atoms with Crippen LogP contribution in [-0.4, -0.2) is 28.7 Å². The molecule has 0 spiro atoms. The Bertz CT molecular complexity index is 376. The van der Waals surface area contributed by atoms with Crippen LogP contribution in [-0.2, 0) is 6.54 Å². The van der Waals surface area contributed by atoms with Crippen molar-refractivity contribution in [1.82, 2.24) is 4.90 Å². The van der Waals surface area contributed by atoms with E-state index < -0.39 is 0 Å². The van der Waals surface area contributed by atoms with Crippen LogP contribution in [0, 0.1) is 5.92 Å². The molecule has 1 aliphatic rings. The maximum absolute atomic E-state index is 9.75. The van der Waals surface area contributed by atoms with Crippen LogP contribution in [0.15, 0.2) is 30.3 Å².